The van der Waals surface area contributed by atoms with Gasteiger partial charge >= 0.3 is 0 Å². The maximum atomic E-state index is 11.8. The van der Waals surface area contributed by atoms with Crippen LogP contribution in [0.3, 0.4) is 0 Å². The number of hydrogen-bond donors (Lipinski definition) is 0. The van der Waals surface area contributed by atoms with Gasteiger partial charge in [0.25, 0.3) is 5.69 Å². The van der Waals surface area contributed by atoms with Crippen LogP contribution in [-0.2, 0) is 4.74 Å². The van der Waals surface area contributed by atoms with E-state index in [2.05, 4.69) is 0 Å². The van der Waals surface area contributed by atoms with E-state index in [1.54, 1.807) is 6.07 Å². The summed E-state index contributed by atoms with van der Waals surface area (Å²) in [5, 5.41) is 10.6. The summed E-state index contributed by atoms with van der Waals surface area (Å²) in [5.41, 5.74) is 0.266. The first-order valence-corrected chi connectivity index (χ1v) is 6.52. The molecule has 1 aliphatic carbocycles. The second kappa shape index (κ2) is 6.43. The number of carbonyl (C=O) groups is 1. The molecule has 2 rings (SSSR count). The molecule has 1 saturated carbocycles. The van der Waals surface area contributed by atoms with Gasteiger partial charge in [-0.1, -0.05) is 25.0 Å². The summed E-state index contributed by atoms with van der Waals surface area (Å²) >= 11 is 0. The van der Waals surface area contributed by atoms with Crippen LogP contribution in [0.5, 0.6) is 0 Å². The van der Waals surface area contributed by atoms with Crippen molar-refractivity contribution in [1.29, 1.82) is 0 Å². The third-order valence-corrected chi connectivity index (χ3v) is 3.44. The Morgan fingerprint density at radius 3 is 2.79 bits per heavy atom. The van der Waals surface area contributed by atoms with Gasteiger partial charge in [-0.15, -0.1) is 0 Å². The Labute approximate surface area is 111 Å². The summed E-state index contributed by atoms with van der Waals surface area (Å²) in [6.45, 7) is 0.609. The van der Waals surface area contributed by atoms with Gasteiger partial charge in [0, 0.05) is 17.7 Å². The highest BCUT2D eigenvalue weighted by Gasteiger charge is 2.16. The number of nitro groups is 1. The van der Waals surface area contributed by atoms with Crippen molar-refractivity contribution in [3.63, 3.8) is 0 Å². The Morgan fingerprint density at radius 1 is 1.37 bits per heavy atom. The fourth-order valence-electron chi connectivity index (χ4n) is 2.37. The molecule has 5 nitrogen and oxygen atoms in total. The van der Waals surface area contributed by atoms with E-state index < -0.39 is 4.92 Å². The van der Waals surface area contributed by atoms with Crippen molar-refractivity contribution in [2.75, 3.05) is 13.2 Å². The molecule has 1 aromatic rings. The van der Waals surface area contributed by atoms with Crippen LogP contribution in [0.2, 0.25) is 0 Å². The number of rotatable bonds is 6. The Kier molecular flexibility index (Phi) is 4.63. The summed E-state index contributed by atoms with van der Waals surface area (Å²) in [5.74, 6) is 0.361. The third-order valence-electron chi connectivity index (χ3n) is 3.44. The predicted molar refractivity (Wildman–Crippen MR) is 70.2 cm³/mol. The molecule has 1 aliphatic rings. The second-order valence-corrected chi connectivity index (χ2v) is 4.90. The van der Waals surface area contributed by atoms with E-state index in [0.717, 1.165) is 0 Å². The van der Waals surface area contributed by atoms with E-state index >= 15 is 0 Å². The van der Waals surface area contributed by atoms with Gasteiger partial charge in [-0.2, -0.15) is 0 Å². The van der Waals surface area contributed by atoms with Crippen molar-refractivity contribution in [2.24, 2.45) is 5.92 Å². The molecule has 0 bridgehead atoms. The first-order chi connectivity index (χ1) is 9.16. The average Bonchev–Trinajstić information content (AvgIpc) is 2.92. The van der Waals surface area contributed by atoms with E-state index in [9.17, 15) is 14.9 Å². The smallest absolute Gasteiger partial charge is 0.270 e. The molecule has 0 aliphatic heterocycles. The Bertz CT molecular complexity index is 466. The van der Waals surface area contributed by atoms with Crippen molar-refractivity contribution in [1.82, 2.24) is 0 Å². The van der Waals surface area contributed by atoms with Crippen molar-refractivity contribution >= 4 is 11.5 Å². The number of Topliss-reactive ketones (excluding diaryl/α,β-unsaturated/α-hetero) is 1. The van der Waals surface area contributed by atoms with Crippen LogP contribution in [0.1, 0.15) is 36.0 Å². The molecule has 0 atom stereocenters. The van der Waals surface area contributed by atoms with Crippen molar-refractivity contribution < 1.29 is 14.5 Å². The molecule has 19 heavy (non-hydrogen) atoms. The van der Waals surface area contributed by atoms with Crippen LogP contribution in [0, 0.1) is 16.0 Å². The number of nitrogens with zero attached hydrogens (tertiary/aromatic N) is 1. The van der Waals surface area contributed by atoms with Crippen LogP contribution in [0.25, 0.3) is 0 Å². The zero-order chi connectivity index (χ0) is 13.7. The van der Waals surface area contributed by atoms with Gasteiger partial charge < -0.3 is 4.74 Å². The molecule has 0 spiro atoms. The maximum absolute atomic E-state index is 11.8. The first-order valence-electron chi connectivity index (χ1n) is 6.52. The molecule has 5 heteroatoms. The number of ether oxygens (including phenoxy) is 1. The predicted octanol–water partition coefficient (Wildman–Crippen LogP) is 2.98. The molecule has 0 amide bonds. The van der Waals surface area contributed by atoms with Gasteiger partial charge in [0.05, 0.1) is 11.5 Å². The Morgan fingerprint density at radius 2 is 2.11 bits per heavy atom. The number of ketones is 1. The lowest BCUT2D eigenvalue weighted by Gasteiger charge is -2.09. The number of nitro benzene ring substituents is 1. The monoisotopic (exact) mass is 263 g/mol. The van der Waals surface area contributed by atoms with E-state index in [0.29, 0.717) is 18.1 Å². The summed E-state index contributed by atoms with van der Waals surface area (Å²) in [6, 6.07) is 5.76. The molecule has 102 valence electrons. The molecular weight excluding hydrogens is 246 g/mol. The second-order valence-electron chi connectivity index (χ2n) is 4.90. The Hall–Kier alpha value is -1.75. The first kappa shape index (κ1) is 13.7. The third kappa shape index (κ3) is 3.86. The van der Waals surface area contributed by atoms with E-state index in [1.807, 2.05) is 0 Å². The number of carbonyl (C=O) groups excluding carboxylic acids is 1. The lowest BCUT2D eigenvalue weighted by Crippen LogP contribution is -2.13. The van der Waals surface area contributed by atoms with Gasteiger partial charge in [-0.25, -0.2) is 0 Å². The topological polar surface area (TPSA) is 69.4 Å². The SMILES string of the molecule is O=C(COCC1CCCC1)c1cccc([N+](=O)[O-])c1. The average molecular weight is 263 g/mol. The van der Waals surface area contributed by atoms with E-state index in [1.165, 1.54) is 43.9 Å². The molecular formula is C14H17NO4. The number of benzene rings is 1. The summed E-state index contributed by atoms with van der Waals surface area (Å²) in [7, 11) is 0. The van der Waals surface area contributed by atoms with Crippen molar-refractivity contribution in [2.45, 2.75) is 25.7 Å². The van der Waals surface area contributed by atoms with Crippen LogP contribution in [0.4, 0.5) is 5.69 Å². The van der Waals surface area contributed by atoms with Gasteiger partial charge in [-0.3, -0.25) is 14.9 Å². The normalized spacial score (nSPS) is 15.6. The lowest BCUT2D eigenvalue weighted by molar-refractivity contribution is -0.384. The van der Waals surface area contributed by atoms with Crippen LogP contribution >= 0.6 is 0 Å². The number of hydrogen-bond acceptors (Lipinski definition) is 4. The lowest BCUT2D eigenvalue weighted by atomic mass is 10.1. The zero-order valence-electron chi connectivity index (χ0n) is 10.7. The maximum Gasteiger partial charge on any atom is 0.270 e. The minimum absolute atomic E-state index is 0.00231. The Balaban J connectivity index is 1.85. The fraction of sp³-hybridized carbons (Fsp3) is 0.500. The molecule has 1 aromatic carbocycles. The summed E-state index contributed by atoms with van der Waals surface area (Å²) in [6.07, 6.45) is 4.83. The minimum atomic E-state index is -0.504. The molecule has 0 radical (unpaired) electrons. The van der Waals surface area contributed by atoms with E-state index in [-0.39, 0.29) is 18.1 Å². The van der Waals surface area contributed by atoms with E-state index in [4.69, 9.17) is 4.74 Å². The van der Waals surface area contributed by atoms with Gasteiger partial charge in [-0.05, 0) is 18.8 Å². The van der Waals surface area contributed by atoms with Gasteiger partial charge in [0.1, 0.15) is 6.61 Å². The van der Waals surface area contributed by atoms with Crippen molar-refractivity contribution in [3.05, 3.63) is 39.9 Å². The number of non-ortho nitro benzene ring substituents is 1. The minimum Gasteiger partial charge on any atom is -0.373 e. The van der Waals surface area contributed by atoms with Crippen molar-refractivity contribution in [3.8, 4) is 0 Å². The highest BCUT2D eigenvalue weighted by Crippen LogP contribution is 2.24. The molecule has 1 fully saturated rings. The molecule has 0 unspecified atom stereocenters. The molecule has 0 N–H and O–H groups in total. The highest BCUT2D eigenvalue weighted by atomic mass is 16.6. The highest BCUT2D eigenvalue weighted by molar-refractivity contribution is 5.97. The van der Waals surface area contributed by atoms with Crippen LogP contribution in [0.15, 0.2) is 24.3 Å². The summed E-state index contributed by atoms with van der Waals surface area (Å²) < 4.78 is 5.41. The standard InChI is InChI=1S/C14H17NO4/c16-14(10-19-9-11-4-1-2-5-11)12-6-3-7-13(8-12)15(17)18/h3,6-8,11H,1-2,4-5,9-10H2. The molecule has 0 aromatic heterocycles. The molecule has 0 saturated heterocycles. The molecule has 0 heterocycles. The van der Waals surface area contributed by atoms with Crippen LogP contribution < -0.4 is 0 Å². The zero-order valence-corrected chi connectivity index (χ0v) is 10.7. The van der Waals surface area contributed by atoms with Gasteiger partial charge in [0.15, 0.2) is 5.78 Å². The van der Waals surface area contributed by atoms with Gasteiger partial charge in [0.2, 0.25) is 0 Å². The quantitative estimate of drug-likeness (QED) is 0.449. The van der Waals surface area contributed by atoms with Crippen LogP contribution in [-0.4, -0.2) is 23.9 Å². The summed E-state index contributed by atoms with van der Waals surface area (Å²) in [4.78, 5) is 22.0. The fourth-order valence-corrected chi connectivity index (χ4v) is 2.37. The largest absolute Gasteiger partial charge is 0.373 e.